The van der Waals surface area contributed by atoms with E-state index in [1.165, 1.54) is 54.0 Å². The third-order valence-corrected chi connectivity index (χ3v) is 15.1. The van der Waals surface area contributed by atoms with E-state index in [0.29, 0.717) is 43.0 Å². The average Bonchev–Trinajstić information content (AvgIpc) is 3.58. The summed E-state index contributed by atoms with van der Waals surface area (Å²) in [4.78, 5) is 74.7. The minimum atomic E-state index is -5.75. The number of thiophene rings is 1. The Labute approximate surface area is 384 Å². The number of carbonyl (C=O) groups excluding carboxylic acids is 5. The van der Waals surface area contributed by atoms with Crippen molar-refractivity contribution >= 4 is 59.1 Å². The molecule has 18 nitrogen and oxygen atoms in total. The number of likely N-dealkylation sites (tertiary alicyclic amines) is 1. The van der Waals surface area contributed by atoms with Gasteiger partial charge in [-0.05, 0) is 107 Å². The SMILES string of the molecule is COCC(C)(C)OC(=O)OCOP(=O)(OCOC(=O)OC(C)(C)COC)C(F)(F)c1ccc2sc(C(=O)N[C@H]3C[C@H]4C[C@H]4C[C@H]4CC[C@@H](C(=O)N5CC(c6cccnc6)C5)N4C3=O)cc2c1. The second kappa shape index (κ2) is 19.8. The van der Waals surface area contributed by atoms with Crippen LogP contribution in [0, 0.1) is 11.8 Å². The number of amides is 3. The van der Waals surface area contributed by atoms with E-state index < -0.39 is 73.9 Å². The summed E-state index contributed by atoms with van der Waals surface area (Å²) >= 11 is 0.991. The van der Waals surface area contributed by atoms with Crippen LogP contribution in [-0.2, 0) is 57.3 Å². The smallest absolute Gasteiger partial charge is 0.426 e. The van der Waals surface area contributed by atoms with Crippen LogP contribution in [0.2, 0.25) is 0 Å². The molecule has 3 aliphatic heterocycles. The quantitative estimate of drug-likeness (QED) is 0.0763. The molecule has 0 bridgehead atoms. The summed E-state index contributed by atoms with van der Waals surface area (Å²) in [5, 5.41) is 3.06. The topological polar surface area (TPSA) is 208 Å². The molecule has 1 N–H and O–H groups in total. The van der Waals surface area contributed by atoms with E-state index in [9.17, 15) is 28.5 Å². The third-order valence-electron chi connectivity index (χ3n) is 12.1. The fourth-order valence-corrected chi connectivity index (χ4v) is 11.0. The van der Waals surface area contributed by atoms with Crippen LogP contribution in [0.5, 0.6) is 0 Å². The van der Waals surface area contributed by atoms with Gasteiger partial charge >= 0.3 is 25.6 Å². The number of nitrogens with zero attached hydrogens (tertiary/aromatic N) is 3. The largest absolute Gasteiger partial charge is 0.511 e. The first-order chi connectivity index (χ1) is 31.2. The molecule has 3 saturated heterocycles. The van der Waals surface area contributed by atoms with Crippen molar-refractivity contribution in [3.63, 3.8) is 0 Å². The lowest BCUT2D eigenvalue weighted by atomic mass is 9.92. The first-order valence-corrected chi connectivity index (χ1v) is 23.9. The van der Waals surface area contributed by atoms with Crippen molar-refractivity contribution in [2.45, 2.75) is 101 Å². The van der Waals surface area contributed by atoms with Gasteiger partial charge in [0.2, 0.25) is 25.4 Å². The monoisotopic (exact) mass is 964 g/mol. The third kappa shape index (κ3) is 11.1. The molecule has 0 spiro atoms. The maximum atomic E-state index is 16.5. The van der Waals surface area contributed by atoms with Crippen LogP contribution in [0.1, 0.15) is 86.5 Å². The van der Waals surface area contributed by atoms with E-state index in [0.717, 1.165) is 41.9 Å². The summed E-state index contributed by atoms with van der Waals surface area (Å²) < 4.78 is 87.0. The summed E-state index contributed by atoms with van der Waals surface area (Å²) in [6, 6.07) is 6.78. The molecule has 1 aromatic carbocycles. The Bertz CT molecular complexity index is 2290. The summed E-state index contributed by atoms with van der Waals surface area (Å²) in [5.74, 6) is -0.219. The first kappa shape index (κ1) is 49.1. The molecular formula is C44H55F2N4O14PS. The Morgan fingerprint density at radius 1 is 0.879 bits per heavy atom. The molecule has 7 rings (SSSR count). The van der Waals surface area contributed by atoms with Crippen LogP contribution < -0.4 is 5.32 Å². The molecule has 5 heterocycles. The number of nitrogens with one attached hydrogen (secondary N) is 1. The second-order valence-electron chi connectivity index (χ2n) is 18.2. The number of methoxy groups -OCH3 is 2. The van der Waals surface area contributed by atoms with Crippen LogP contribution >= 0.6 is 18.9 Å². The zero-order valence-corrected chi connectivity index (χ0v) is 39.2. The predicted molar refractivity (Wildman–Crippen MR) is 232 cm³/mol. The van der Waals surface area contributed by atoms with Gasteiger partial charge in [0.15, 0.2) is 0 Å². The van der Waals surface area contributed by atoms with Crippen molar-refractivity contribution < 1.29 is 74.8 Å². The Morgan fingerprint density at radius 2 is 1.52 bits per heavy atom. The predicted octanol–water partition coefficient (Wildman–Crippen LogP) is 7.16. The summed E-state index contributed by atoms with van der Waals surface area (Å²) in [6.45, 7) is 4.32. The minimum Gasteiger partial charge on any atom is -0.426 e. The maximum absolute atomic E-state index is 16.5. The van der Waals surface area contributed by atoms with Crippen molar-refractivity contribution in [2.75, 3.05) is 54.1 Å². The van der Waals surface area contributed by atoms with E-state index in [2.05, 4.69) is 10.3 Å². The van der Waals surface area contributed by atoms with E-state index in [-0.39, 0.29) is 53.2 Å². The molecule has 1 saturated carbocycles. The van der Waals surface area contributed by atoms with E-state index >= 15 is 8.78 Å². The van der Waals surface area contributed by atoms with Gasteiger partial charge in [0.1, 0.15) is 23.3 Å². The summed E-state index contributed by atoms with van der Waals surface area (Å²) in [6.07, 6.45) is 4.15. The van der Waals surface area contributed by atoms with Crippen LogP contribution in [0.25, 0.3) is 10.1 Å². The lowest BCUT2D eigenvalue weighted by molar-refractivity contribution is -0.149. The van der Waals surface area contributed by atoms with Crippen LogP contribution in [-0.4, -0.2) is 128 Å². The van der Waals surface area contributed by atoms with Gasteiger partial charge in [-0.1, -0.05) is 12.1 Å². The highest BCUT2D eigenvalue weighted by atomic mass is 32.1. The normalized spacial score (nSPS) is 22.4. The molecule has 0 radical (unpaired) electrons. The molecule has 4 aliphatic rings. The second-order valence-corrected chi connectivity index (χ2v) is 21.4. The van der Waals surface area contributed by atoms with Gasteiger partial charge in [0.25, 0.3) is 5.91 Å². The number of hydrogen-bond acceptors (Lipinski definition) is 16. The van der Waals surface area contributed by atoms with Crippen molar-refractivity contribution in [1.82, 2.24) is 20.1 Å². The zero-order chi connectivity index (χ0) is 47.6. The molecule has 360 valence electrons. The zero-order valence-electron chi connectivity index (χ0n) is 37.5. The summed E-state index contributed by atoms with van der Waals surface area (Å²) in [5.41, 5.74) is -6.66. The first-order valence-electron chi connectivity index (χ1n) is 21.6. The molecule has 2 aromatic heterocycles. The highest BCUT2D eigenvalue weighted by Gasteiger charge is 2.56. The molecule has 0 unspecified atom stereocenters. The molecule has 22 heteroatoms. The van der Waals surface area contributed by atoms with Crippen molar-refractivity contribution in [2.24, 2.45) is 11.8 Å². The molecule has 1 aliphatic carbocycles. The standard InChI is InChI=1S/C44H55F2N4O14PS/c1-42(2,22-57-5)63-40(54)59-24-61-65(56,62-25-60-41(55)64-43(3,4)23-58-6)44(45,46)31-9-12-35-29(15-31)18-36(66-35)37(51)48-33-17-28-14-27(28)16-32-10-11-34(50(32)38(33)52)39(53)49-20-30(21-49)26-8-7-13-47-19-26/h7-9,12-13,15,18-19,27-28,30,32-34H,10-11,14,16-17,20-25H2,1-6H3,(H,48,51)/t27-,28+,32+,33-,34-/m0/s1. The van der Waals surface area contributed by atoms with Gasteiger partial charge in [-0.2, -0.15) is 8.78 Å². The van der Waals surface area contributed by atoms with E-state index in [4.69, 9.17) is 37.5 Å². The molecule has 5 atom stereocenters. The van der Waals surface area contributed by atoms with Gasteiger partial charge in [0, 0.05) is 61.9 Å². The number of rotatable bonds is 18. The fourth-order valence-electron chi connectivity index (χ4n) is 8.81. The van der Waals surface area contributed by atoms with Gasteiger partial charge in [0.05, 0.1) is 18.1 Å². The van der Waals surface area contributed by atoms with Gasteiger partial charge in [-0.25, -0.2) is 9.59 Å². The number of benzene rings is 1. The molecule has 3 amide bonds. The molecular weight excluding hydrogens is 910 g/mol. The maximum Gasteiger partial charge on any atom is 0.511 e. The number of aromatic nitrogens is 1. The number of ether oxygens (including phenoxy) is 6. The molecule has 66 heavy (non-hydrogen) atoms. The van der Waals surface area contributed by atoms with E-state index in [1.807, 2.05) is 12.1 Å². The number of halogens is 2. The lowest BCUT2D eigenvalue weighted by Crippen LogP contribution is -2.59. The number of alkyl halides is 2. The van der Waals surface area contributed by atoms with E-state index in [1.54, 1.807) is 22.2 Å². The Balaban J connectivity index is 1.04. The van der Waals surface area contributed by atoms with Gasteiger partial charge < -0.3 is 43.5 Å². The molecule has 3 aromatic rings. The molecule has 4 fully saturated rings. The number of pyridine rings is 1. The van der Waals surface area contributed by atoms with Gasteiger partial charge in [-0.15, -0.1) is 11.3 Å². The van der Waals surface area contributed by atoms with Crippen molar-refractivity contribution in [1.29, 1.82) is 0 Å². The number of fused-ring (bicyclic) bond motifs is 3. The fraction of sp³-hybridized carbons (Fsp3) is 0.591. The average molecular weight is 965 g/mol. The minimum absolute atomic E-state index is 0.0407. The van der Waals surface area contributed by atoms with Crippen molar-refractivity contribution in [3.8, 4) is 0 Å². The van der Waals surface area contributed by atoms with Crippen LogP contribution in [0.4, 0.5) is 18.4 Å². The lowest BCUT2D eigenvalue weighted by Gasteiger charge is -2.43. The summed E-state index contributed by atoms with van der Waals surface area (Å²) in [7, 11) is -3.02. The Morgan fingerprint density at radius 3 is 2.12 bits per heavy atom. The van der Waals surface area contributed by atoms with Gasteiger partial charge in [-0.3, -0.25) is 33.0 Å². The number of carbonyl (C=O) groups is 5. The van der Waals surface area contributed by atoms with Crippen molar-refractivity contribution in [3.05, 3.63) is 64.8 Å². The van der Waals surface area contributed by atoms with Crippen LogP contribution in [0.3, 0.4) is 0 Å². The Kier molecular flexibility index (Phi) is 14.7. The van der Waals surface area contributed by atoms with Crippen LogP contribution in [0.15, 0.2) is 48.8 Å². The highest BCUT2D eigenvalue weighted by molar-refractivity contribution is 7.54. The number of hydrogen-bond donors (Lipinski definition) is 1. The highest BCUT2D eigenvalue weighted by Crippen LogP contribution is 2.67. The Hall–Kier alpha value is -4.79.